The zero-order valence-electron chi connectivity index (χ0n) is 15.8. The summed E-state index contributed by atoms with van der Waals surface area (Å²) in [7, 11) is 1.66. The van der Waals surface area contributed by atoms with Gasteiger partial charge in [0, 0.05) is 45.1 Å². The summed E-state index contributed by atoms with van der Waals surface area (Å²) in [5, 5.41) is 10.6. The standard InChI is InChI=1S/C19H25F3N6/c1-23-18(26-16-8-12-27(13-16)14-19(20,21)22)24-10-7-15-3-5-17(6-4-15)28-11-2-9-25-28/h2-6,9,11,16H,7-8,10,12-14H2,1H3,(H2,23,24,26). The Morgan fingerprint density at radius 3 is 2.71 bits per heavy atom. The Morgan fingerprint density at radius 2 is 2.07 bits per heavy atom. The fourth-order valence-corrected chi connectivity index (χ4v) is 3.30. The van der Waals surface area contributed by atoms with E-state index in [0.717, 1.165) is 12.1 Å². The van der Waals surface area contributed by atoms with Crippen molar-refractivity contribution in [2.45, 2.75) is 25.1 Å². The van der Waals surface area contributed by atoms with Crippen molar-refractivity contribution < 1.29 is 13.2 Å². The van der Waals surface area contributed by atoms with E-state index in [1.165, 1.54) is 10.5 Å². The molecule has 1 atom stereocenters. The summed E-state index contributed by atoms with van der Waals surface area (Å²) in [5.74, 6) is 0.618. The number of hydrogen-bond acceptors (Lipinski definition) is 3. The van der Waals surface area contributed by atoms with Gasteiger partial charge in [-0.1, -0.05) is 12.1 Å². The molecule has 0 spiro atoms. The molecule has 1 aromatic carbocycles. The second kappa shape index (κ2) is 9.09. The number of benzene rings is 1. The minimum absolute atomic E-state index is 0.0260. The molecule has 3 rings (SSSR count). The van der Waals surface area contributed by atoms with Crippen LogP contribution in [0.3, 0.4) is 0 Å². The van der Waals surface area contributed by atoms with E-state index in [0.29, 0.717) is 32.0 Å². The predicted octanol–water partition coefficient (Wildman–Crippen LogP) is 2.22. The normalized spacial score (nSPS) is 18.4. The molecule has 28 heavy (non-hydrogen) atoms. The number of nitrogens with zero attached hydrogens (tertiary/aromatic N) is 4. The minimum atomic E-state index is -4.15. The maximum absolute atomic E-state index is 12.5. The number of nitrogens with one attached hydrogen (secondary N) is 2. The monoisotopic (exact) mass is 394 g/mol. The summed E-state index contributed by atoms with van der Waals surface area (Å²) in [4.78, 5) is 5.60. The highest BCUT2D eigenvalue weighted by molar-refractivity contribution is 5.80. The maximum Gasteiger partial charge on any atom is 0.401 e. The molecule has 1 aromatic heterocycles. The largest absolute Gasteiger partial charge is 0.401 e. The van der Waals surface area contributed by atoms with Crippen LogP contribution in [0.25, 0.3) is 5.69 Å². The molecule has 9 heteroatoms. The molecule has 152 valence electrons. The Bertz CT molecular complexity index is 755. The van der Waals surface area contributed by atoms with E-state index in [1.807, 2.05) is 24.4 Å². The molecule has 6 nitrogen and oxygen atoms in total. The summed E-state index contributed by atoms with van der Waals surface area (Å²) in [5.41, 5.74) is 2.18. The Labute approximate surface area is 162 Å². The highest BCUT2D eigenvalue weighted by Crippen LogP contribution is 2.19. The summed E-state index contributed by atoms with van der Waals surface area (Å²) in [6.45, 7) is 0.636. The average Bonchev–Trinajstić information content (AvgIpc) is 3.32. The summed E-state index contributed by atoms with van der Waals surface area (Å²) >= 11 is 0. The van der Waals surface area contributed by atoms with Crippen molar-refractivity contribution in [2.75, 3.05) is 33.2 Å². The van der Waals surface area contributed by atoms with Crippen molar-refractivity contribution in [1.82, 2.24) is 25.3 Å². The van der Waals surface area contributed by atoms with E-state index in [4.69, 9.17) is 0 Å². The first kappa shape index (κ1) is 20.2. The molecule has 2 N–H and O–H groups in total. The number of hydrogen-bond donors (Lipinski definition) is 2. The third kappa shape index (κ3) is 5.98. The molecule has 1 aliphatic rings. The van der Waals surface area contributed by atoms with Gasteiger partial charge in [0.1, 0.15) is 0 Å². The van der Waals surface area contributed by atoms with Gasteiger partial charge in [-0.2, -0.15) is 18.3 Å². The molecular weight excluding hydrogens is 369 g/mol. The SMILES string of the molecule is CN=C(NCCc1ccc(-n2cccn2)cc1)NC1CCN(CC(F)(F)F)C1. The molecular formula is C19H25F3N6. The van der Waals surface area contributed by atoms with Crippen molar-refractivity contribution in [2.24, 2.45) is 4.99 Å². The van der Waals surface area contributed by atoms with Gasteiger partial charge in [-0.15, -0.1) is 0 Å². The van der Waals surface area contributed by atoms with Crippen molar-refractivity contribution in [3.8, 4) is 5.69 Å². The van der Waals surface area contributed by atoms with Crippen LogP contribution in [0.4, 0.5) is 13.2 Å². The van der Waals surface area contributed by atoms with Gasteiger partial charge in [0.05, 0.1) is 12.2 Å². The number of aliphatic imine (C=N–C) groups is 1. The fraction of sp³-hybridized carbons (Fsp3) is 0.474. The zero-order valence-corrected chi connectivity index (χ0v) is 15.8. The van der Waals surface area contributed by atoms with Crippen LogP contribution in [-0.2, 0) is 6.42 Å². The van der Waals surface area contributed by atoms with Gasteiger partial charge < -0.3 is 10.6 Å². The first-order valence-corrected chi connectivity index (χ1v) is 9.28. The van der Waals surface area contributed by atoms with Gasteiger partial charge in [-0.05, 0) is 36.6 Å². The molecule has 1 saturated heterocycles. The van der Waals surface area contributed by atoms with Crippen molar-refractivity contribution in [3.05, 3.63) is 48.3 Å². The number of rotatable bonds is 6. The molecule has 0 aliphatic carbocycles. The summed E-state index contributed by atoms with van der Waals surface area (Å²) in [6, 6.07) is 10.00. The number of alkyl halides is 3. The van der Waals surface area contributed by atoms with Crippen LogP contribution in [-0.4, -0.2) is 66.1 Å². The van der Waals surface area contributed by atoms with Crippen molar-refractivity contribution in [1.29, 1.82) is 0 Å². The fourth-order valence-electron chi connectivity index (χ4n) is 3.30. The molecule has 0 amide bonds. The topological polar surface area (TPSA) is 57.5 Å². The van der Waals surface area contributed by atoms with Gasteiger partial charge >= 0.3 is 6.18 Å². The van der Waals surface area contributed by atoms with Gasteiger partial charge in [0.25, 0.3) is 0 Å². The van der Waals surface area contributed by atoms with Gasteiger partial charge in [0.2, 0.25) is 0 Å². The smallest absolute Gasteiger partial charge is 0.356 e. The lowest BCUT2D eigenvalue weighted by molar-refractivity contribution is -0.143. The van der Waals surface area contributed by atoms with Crippen molar-refractivity contribution in [3.63, 3.8) is 0 Å². The minimum Gasteiger partial charge on any atom is -0.356 e. The predicted molar refractivity (Wildman–Crippen MR) is 103 cm³/mol. The number of halogens is 3. The first-order valence-electron chi connectivity index (χ1n) is 9.28. The molecule has 0 bridgehead atoms. The van der Waals surface area contributed by atoms with Crippen LogP contribution >= 0.6 is 0 Å². The first-order chi connectivity index (χ1) is 13.4. The third-order valence-electron chi connectivity index (χ3n) is 4.65. The third-order valence-corrected chi connectivity index (χ3v) is 4.65. The van der Waals surface area contributed by atoms with Crippen LogP contribution in [0, 0.1) is 0 Å². The lowest BCUT2D eigenvalue weighted by atomic mass is 10.1. The van der Waals surface area contributed by atoms with Crippen LogP contribution in [0.5, 0.6) is 0 Å². The van der Waals surface area contributed by atoms with Crippen LogP contribution in [0.2, 0.25) is 0 Å². The van der Waals surface area contributed by atoms with E-state index in [9.17, 15) is 13.2 Å². The van der Waals surface area contributed by atoms with Crippen LogP contribution < -0.4 is 10.6 Å². The molecule has 2 aromatic rings. The van der Waals surface area contributed by atoms with Crippen LogP contribution in [0.1, 0.15) is 12.0 Å². The van der Waals surface area contributed by atoms with Gasteiger partial charge in [-0.25, -0.2) is 4.68 Å². The van der Waals surface area contributed by atoms with Gasteiger partial charge in [-0.3, -0.25) is 9.89 Å². The van der Waals surface area contributed by atoms with Crippen LogP contribution in [0.15, 0.2) is 47.7 Å². The summed E-state index contributed by atoms with van der Waals surface area (Å²) in [6.07, 6.45) is 0.965. The highest BCUT2D eigenvalue weighted by atomic mass is 19.4. The van der Waals surface area contributed by atoms with E-state index >= 15 is 0 Å². The Balaban J connectivity index is 1.41. The molecule has 1 fully saturated rings. The van der Waals surface area contributed by atoms with E-state index in [2.05, 4.69) is 32.9 Å². The molecule has 0 saturated carbocycles. The Morgan fingerprint density at radius 1 is 1.29 bits per heavy atom. The second-order valence-electron chi connectivity index (χ2n) is 6.85. The van der Waals surface area contributed by atoms with E-state index in [1.54, 1.807) is 17.9 Å². The lowest BCUT2D eigenvalue weighted by Crippen LogP contribution is -2.45. The lowest BCUT2D eigenvalue weighted by Gasteiger charge is -2.19. The molecule has 1 unspecified atom stereocenters. The number of aromatic nitrogens is 2. The quantitative estimate of drug-likeness (QED) is 0.583. The van der Waals surface area contributed by atoms with Crippen molar-refractivity contribution >= 4 is 5.96 Å². The zero-order chi connectivity index (χ0) is 20.0. The number of likely N-dealkylation sites (tertiary alicyclic amines) is 1. The molecule has 2 heterocycles. The molecule has 0 radical (unpaired) electrons. The molecule has 1 aliphatic heterocycles. The van der Waals surface area contributed by atoms with E-state index < -0.39 is 12.7 Å². The highest BCUT2D eigenvalue weighted by Gasteiger charge is 2.34. The number of guanidine groups is 1. The Kier molecular flexibility index (Phi) is 6.56. The van der Waals surface area contributed by atoms with Gasteiger partial charge in [0.15, 0.2) is 5.96 Å². The van der Waals surface area contributed by atoms with E-state index in [-0.39, 0.29) is 6.04 Å². The second-order valence-corrected chi connectivity index (χ2v) is 6.85. The summed E-state index contributed by atoms with van der Waals surface area (Å²) < 4.78 is 39.3. The Hall–Kier alpha value is -2.55. The average molecular weight is 394 g/mol. The maximum atomic E-state index is 12.5.